The lowest BCUT2D eigenvalue weighted by Crippen LogP contribution is -2.12. The maximum Gasteiger partial charge on any atom is 0.303 e. The molecule has 0 atom stereocenters. The molecule has 2 N–H and O–H groups in total. The number of carboxylic acids is 1. The van der Waals surface area contributed by atoms with Gasteiger partial charge in [0.2, 0.25) is 0 Å². The number of aromatic nitrogens is 3. The molecule has 0 unspecified atom stereocenters. The normalized spacial score (nSPS) is 10.5. The molecule has 0 saturated carbocycles. The first-order chi connectivity index (χ1) is 10.1. The van der Waals surface area contributed by atoms with E-state index in [1.807, 2.05) is 12.3 Å². The van der Waals surface area contributed by atoms with Crippen LogP contribution in [0.2, 0.25) is 0 Å². The van der Waals surface area contributed by atoms with Crippen molar-refractivity contribution < 1.29 is 14.7 Å². The molecule has 0 fully saturated rings. The number of nitrogens with zero attached hydrogens (tertiary/aromatic N) is 3. The van der Waals surface area contributed by atoms with Gasteiger partial charge in [-0.2, -0.15) is 0 Å². The maximum absolute atomic E-state index is 12.1. The second kappa shape index (κ2) is 7.23. The van der Waals surface area contributed by atoms with Crippen molar-refractivity contribution >= 4 is 39.9 Å². The molecule has 2 heterocycles. The number of thiazole rings is 1. The summed E-state index contributed by atoms with van der Waals surface area (Å²) in [6.45, 7) is 1.91. The number of aliphatic carboxylic acids is 1. The summed E-state index contributed by atoms with van der Waals surface area (Å²) in [6.07, 6.45) is 1.88. The molecule has 0 aliphatic heterocycles. The summed E-state index contributed by atoms with van der Waals surface area (Å²) < 4.78 is 3.78. The number of rotatable bonds is 7. The van der Waals surface area contributed by atoms with Gasteiger partial charge in [-0.25, -0.2) is 4.98 Å². The number of nitrogens with one attached hydrogen (secondary N) is 1. The van der Waals surface area contributed by atoms with Gasteiger partial charge in [-0.3, -0.25) is 14.9 Å². The molecule has 2 aromatic heterocycles. The van der Waals surface area contributed by atoms with Gasteiger partial charge in [-0.05, 0) is 30.8 Å². The SMILES string of the molecule is CCc1nnsc1C(=O)Nc1nc(CCCC(=O)O)cs1. The largest absolute Gasteiger partial charge is 0.481 e. The van der Waals surface area contributed by atoms with Crippen molar-refractivity contribution in [1.82, 2.24) is 14.6 Å². The Morgan fingerprint density at radius 1 is 1.43 bits per heavy atom. The number of amides is 1. The molecule has 0 radical (unpaired) electrons. The van der Waals surface area contributed by atoms with E-state index < -0.39 is 5.97 Å². The van der Waals surface area contributed by atoms with Crippen LogP contribution in [0.3, 0.4) is 0 Å². The minimum absolute atomic E-state index is 0.117. The Kier molecular flexibility index (Phi) is 5.34. The van der Waals surface area contributed by atoms with Gasteiger partial charge in [0.15, 0.2) is 5.13 Å². The number of carbonyl (C=O) groups is 2. The Morgan fingerprint density at radius 3 is 2.95 bits per heavy atom. The number of aryl methyl sites for hydroxylation is 2. The zero-order chi connectivity index (χ0) is 15.2. The first kappa shape index (κ1) is 15.5. The number of carboxylic acid groups (broad SMARTS) is 1. The summed E-state index contributed by atoms with van der Waals surface area (Å²) >= 11 is 2.38. The lowest BCUT2D eigenvalue weighted by atomic mass is 10.2. The smallest absolute Gasteiger partial charge is 0.303 e. The minimum Gasteiger partial charge on any atom is -0.481 e. The highest BCUT2D eigenvalue weighted by Crippen LogP contribution is 2.19. The molecule has 0 saturated heterocycles. The summed E-state index contributed by atoms with van der Waals surface area (Å²) in [7, 11) is 0. The van der Waals surface area contributed by atoms with Gasteiger partial charge in [0.05, 0.1) is 11.4 Å². The van der Waals surface area contributed by atoms with Crippen LogP contribution >= 0.6 is 22.9 Å². The highest BCUT2D eigenvalue weighted by atomic mass is 32.1. The number of hydrogen-bond acceptors (Lipinski definition) is 7. The highest BCUT2D eigenvalue weighted by Gasteiger charge is 2.16. The molecule has 7 nitrogen and oxygen atoms in total. The van der Waals surface area contributed by atoms with E-state index in [1.54, 1.807) is 0 Å². The van der Waals surface area contributed by atoms with Gasteiger partial charge in [0.25, 0.3) is 5.91 Å². The van der Waals surface area contributed by atoms with Gasteiger partial charge in [0, 0.05) is 11.8 Å². The molecular weight excluding hydrogens is 312 g/mol. The molecule has 112 valence electrons. The second-order valence-corrected chi connectivity index (χ2v) is 5.86. The number of anilines is 1. The van der Waals surface area contributed by atoms with E-state index in [-0.39, 0.29) is 12.3 Å². The van der Waals surface area contributed by atoms with Crippen molar-refractivity contribution in [3.63, 3.8) is 0 Å². The third-order valence-corrected chi connectivity index (χ3v) is 4.27. The average Bonchev–Trinajstić information content (AvgIpc) is 3.07. The van der Waals surface area contributed by atoms with Gasteiger partial charge >= 0.3 is 5.97 Å². The van der Waals surface area contributed by atoms with E-state index in [2.05, 4.69) is 19.9 Å². The van der Waals surface area contributed by atoms with Gasteiger partial charge in [-0.15, -0.1) is 16.4 Å². The van der Waals surface area contributed by atoms with E-state index in [1.165, 1.54) is 11.3 Å². The number of hydrogen-bond donors (Lipinski definition) is 2. The van der Waals surface area contributed by atoms with Crippen LogP contribution in [0.5, 0.6) is 0 Å². The topological polar surface area (TPSA) is 105 Å². The molecule has 0 spiro atoms. The zero-order valence-corrected chi connectivity index (χ0v) is 13.0. The molecule has 1 amide bonds. The lowest BCUT2D eigenvalue weighted by molar-refractivity contribution is -0.137. The molecule has 9 heteroatoms. The fraction of sp³-hybridized carbons (Fsp3) is 0.417. The number of carbonyl (C=O) groups excluding carboxylic acids is 1. The standard InChI is InChI=1S/C12H14N4O3S2/c1-2-8-10(21-16-15-8)11(19)14-12-13-7(6-20-12)4-3-5-9(17)18/h6H,2-5H2,1H3,(H,17,18)(H,13,14,19). The van der Waals surface area contributed by atoms with Crippen molar-refractivity contribution in [3.8, 4) is 0 Å². The van der Waals surface area contributed by atoms with E-state index in [0.717, 1.165) is 17.2 Å². The van der Waals surface area contributed by atoms with Crippen LogP contribution in [0.25, 0.3) is 0 Å². The van der Waals surface area contributed by atoms with Gasteiger partial charge in [-0.1, -0.05) is 11.4 Å². The van der Waals surface area contributed by atoms with E-state index in [9.17, 15) is 9.59 Å². The van der Waals surface area contributed by atoms with Crippen molar-refractivity contribution in [3.05, 3.63) is 21.6 Å². The predicted octanol–water partition coefficient (Wildman–Crippen LogP) is 2.22. The third kappa shape index (κ3) is 4.30. The Morgan fingerprint density at radius 2 is 2.24 bits per heavy atom. The van der Waals surface area contributed by atoms with Crippen molar-refractivity contribution in [2.24, 2.45) is 0 Å². The Bertz CT molecular complexity index is 638. The quantitative estimate of drug-likeness (QED) is 0.808. The summed E-state index contributed by atoms with van der Waals surface area (Å²) in [5.74, 6) is -1.07. The zero-order valence-electron chi connectivity index (χ0n) is 11.3. The van der Waals surface area contributed by atoms with Crippen LogP contribution in [0.4, 0.5) is 5.13 Å². The monoisotopic (exact) mass is 326 g/mol. The van der Waals surface area contributed by atoms with Crippen LogP contribution in [-0.2, 0) is 17.6 Å². The highest BCUT2D eigenvalue weighted by molar-refractivity contribution is 7.14. The molecule has 21 heavy (non-hydrogen) atoms. The molecule has 0 aromatic carbocycles. The van der Waals surface area contributed by atoms with Crippen LogP contribution in [0.1, 0.15) is 40.8 Å². The summed E-state index contributed by atoms with van der Waals surface area (Å²) in [4.78, 5) is 27.3. The van der Waals surface area contributed by atoms with Crippen LogP contribution in [0, 0.1) is 0 Å². The predicted molar refractivity (Wildman–Crippen MR) is 79.9 cm³/mol. The van der Waals surface area contributed by atoms with Crippen molar-refractivity contribution in [2.75, 3.05) is 5.32 Å². The molecule has 2 aromatic rings. The fourth-order valence-electron chi connectivity index (χ4n) is 1.67. The summed E-state index contributed by atoms with van der Waals surface area (Å²) in [5, 5.41) is 17.5. The van der Waals surface area contributed by atoms with Crippen LogP contribution < -0.4 is 5.32 Å². The fourth-order valence-corrected chi connectivity index (χ4v) is 3.05. The Labute approximate surface area is 129 Å². The molecule has 0 bridgehead atoms. The van der Waals surface area contributed by atoms with E-state index in [4.69, 9.17) is 5.11 Å². The average molecular weight is 326 g/mol. The van der Waals surface area contributed by atoms with E-state index in [0.29, 0.717) is 35.0 Å². The van der Waals surface area contributed by atoms with Crippen molar-refractivity contribution in [2.45, 2.75) is 32.6 Å². The maximum atomic E-state index is 12.1. The minimum atomic E-state index is -0.816. The van der Waals surface area contributed by atoms with Crippen LogP contribution in [0.15, 0.2) is 5.38 Å². The van der Waals surface area contributed by atoms with Gasteiger partial charge < -0.3 is 5.11 Å². The molecule has 0 aliphatic rings. The van der Waals surface area contributed by atoms with E-state index >= 15 is 0 Å². The summed E-state index contributed by atoms with van der Waals surface area (Å²) in [5.41, 5.74) is 1.46. The molecule has 0 aliphatic carbocycles. The summed E-state index contributed by atoms with van der Waals surface area (Å²) in [6, 6.07) is 0. The van der Waals surface area contributed by atoms with Crippen LogP contribution in [-0.4, -0.2) is 31.6 Å². The van der Waals surface area contributed by atoms with Gasteiger partial charge in [0.1, 0.15) is 4.88 Å². The molecular formula is C12H14N4O3S2. The lowest BCUT2D eigenvalue weighted by Gasteiger charge is -1.99. The third-order valence-electron chi connectivity index (χ3n) is 2.69. The first-order valence-corrected chi connectivity index (χ1v) is 8.04. The molecule has 2 rings (SSSR count). The second-order valence-electron chi connectivity index (χ2n) is 4.25. The van der Waals surface area contributed by atoms with Crippen molar-refractivity contribution in [1.29, 1.82) is 0 Å². The Balaban J connectivity index is 1.93. The Hall–Kier alpha value is -1.87. The first-order valence-electron chi connectivity index (χ1n) is 6.39.